The largest absolute Gasteiger partial charge is 0.322 e. The summed E-state index contributed by atoms with van der Waals surface area (Å²) in [4.78, 5) is 7.58. The molecule has 1 aliphatic rings. The van der Waals surface area contributed by atoms with E-state index in [0.29, 0.717) is 4.90 Å². The summed E-state index contributed by atoms with van der Waals surface area (Å²) in [7, 11) is -1.06. The first-order valence-corrected chi connectivity index (χ1v) is 13.9. The molecule has 2 heterocycles. The monoisotopic (exact) mass is 469 g/mol. The quantitative estimate of drug-likeness (QED) is 0.360. The van der Waals surface area contributed by atoms with Crippen LogP contribution in [0.25, 0.3) is 11.4 Å². The molecule has 0 saturated heterocycles. The first kappa shape index (κ1) is 23.1. The highest BCUT2D eigenvalue weighted by atomic mass is 32.2. The molecule has 0 radical (unpaired) electrons. The molecule has 1 aliphatic heterocycles. The van der Waals surface area contributed by atoms with Crippen LogP contribution in [-0.2, 0) is 29.7 Å². The van der Waals surface area contributed by atoms with Crippen LogP contribution in [0, 0.1) is 0 Å². The Balaban J connectivity index is 1.28. The Morgan fingerprint density at radius 2 is 1.78 bits per heavy atom. The topological polar surface area (TPSA) is 55.2 Å². The van der Waals surface area contributed by atoms with Gasteiger partial charge in [-0.2, -0.15) is 0 Å². The third kappa shape index (κ3) is 5.27. The predicted molar refractivity (Wildman–Crippen MR) is 132 cm³/mol. The van der Waals surface area contributed by atoms with Gasteiger partial charge in [0.25, 0.3) is 0 Å². The molecule has 3 aromatic rings. The van der Waals surface area contributed by atoms with Crippen LogP contribution in [0.1, 0.15) is 24.5 Å². The standard InChI is InChI=1S/C25H31N3O2S2/c1-3-32(29,30)23-11-10-20-12-15-28(16-13-22(20)18-23)14-7-17-31-24-19-26-25(27(24)2)21-8-5-4-6-9-21/h4-6,8-11,18-19H,3,7,12-17H2,1-2H3. The third-order valence-electron chi connectivity index (χ3n) is 6.16. The molecule has 0 fully saturated rings. The van der Waals surface area contributed by atoms with Crippen molar-refractivity contribution in [2.45, 2.75) is 36.1 Å². The van der Waals surface area contributed by atoms with E-state index < -0.39 is 9.84 Å². The van der Waals surface area contributed by atoms with E-state index in [9.17, 15) is 8.42 Å². The molecule has 5 nitrogen and oxygen atoms in total. The maximum Gasteiger partial charge on any atom is 0.178 e. The second-order valence-electron chi connectivity index (χ2n) is 8.22. The Bertz CT molecular complexity index is 1160. The van der Waals surface area contributed by atoms with Crippen LogP contribution in [0.3, 0.4) is 0 Å². The molecule has 4 rings (SSSR count). The number of benzene rings is 2. The SMILES string of the molecule is CCS(=O)(=O)c1ccc2c(c1)CCN(CCCSc1cnc(-c3ccccc3)n1C)CC2. The highest BCUT2D eigenvalue weighted by molar-refractivity contribution is 7.99. The van der Waals surface area contributed by atoms with Gasteiger partial charge in [0.15, 0.2) is 9.84 Å². The number of imidazole rings is 1. The van der Waals surface area contributed by atoms with Crippen LogP contribution < -0.4 is 0 Å². The van der Waals surface area contributed by atoms with E-state index >= 15 is 0 Å². The second kappa shape index (κ2) is 10.2. The summed E-state index contributed by atoms with van der Waals surface area (Å²) in [5, 5.41) is 1.19. The van der Waals surface area contributed by atoms with Gasteiger partial charge in [-0.05, 0) is 49.1 Å². The average Bonchev–Trinajstić information content (AvgIpc) is 3.05. The van der Waals surface area contributed by atoms with Gasteiger partial charge >= 0.3 is 0 Å². The Hall–Kier alpha value is -2.09. The summed E-state index contributed by atoms with van der Waals surface area (Å²) >= 11 is 1.86. The van der Waals surface area contributed by atoms with Crippen molar-refractivity contribution in [3.63, 3.8) is 0 Å². The van der Waals surface area contributed by atoms with Crippen LogP contribution in [0.4, 0.5) is 0 Å². The van der Waals surface area contributed by atoms with Crippen molar-refractivity contribution in [2.75, 3.05) is 31.1 Å². The van der Waals surface area contributed by atoms with Crippen LogP contribution in [-0.4, -0.2) is 54.0 Å². The van der Waals surface area contributed by atoms with Crippen LogP contribution in [0.5, 0.6) is 0 Å². The molecule has 1 aromatic heterocycles. The van der Waals surface area contributed by atoms with Crippen molar-refractivity contribution in [2.24, 2.45) is 7.05 Å². The third-order valence-corrected chi connectivity index (χ3v) is 9.06. The Morgan fingerprint density at radius 3 is 2.53 bits per heavy atom. The number of thioether (sulfide) groups is 1. The normalized spacial score (nSPS) is 14.8. The van der Waals surface area contributed by atoms with E-state index in [4.69, 9.17) is 0 Å². The van der Waals surface area contributed by atoms with E-state index in [1.807, 2.05) is 48.3 Å². The smallest absolute Gasteiger partial charge is 0.178 e. The number of rotatable bonds is 8. The minimum Gasteiger partial charge on any atom is -0.322 e. The van der Waals surface area contributed by atoms with E-state index in [1.165, 1.54) is 16.2 Å². The summed E-state index contributed by atoms with van der Waals surface area (Å²) in [6, 6.07) is 16.0. The first-order chi connectivity index (χ1) is 15.5. The van der Waals surface area contributed by atoms with Gasteiger partial charge in [-0.3, -0.25) is 0 Å². The fourth-order valence-electron chi connectivity index (χ4n) is 4.18. The molecule has 0 spiro atoms. The zero-order chi connectivity index (χ0) is 22.6. The van der Waals surface area contributed by atoms with Crippen molar-refractivity contribution >= 4 is 21.6 Å². The van der Waals surface area contributed by atoms with E-state index in [0.717, 1.165) is 56.0 Å². The van der Waals surface area contributed by atoms with Gasteiger partial charge in [-0.15, -0.1) is 11.8 Å². The molecule has 7 heteroatoms. The summed E-state index contributed by atoms with van der Waals surface area (Å²) < 4.78 is 26.6. The maximum absolute atomic E-state index is 12.2. The lowest BCUT2D eigenvalue weighted by Crippen LogP contribution is -2.27. The lowest BCUT2D eigenvalue weighted by molar-refractivity contribution is 0.289. The molecule has 0 unspecified atom stereocenters. The van der Waals surface area contributed by atoms with E-state index in [-0.39, 0.29) is 5.75 Å². The minimum absolute atomic E-state index is 0.152. The molecule has 0 bridgehead atoms. The zero-order valence-corrected chi connectivity index (χ0v) is 20.5. The first-order valence-electron chi connectivity index (χ1n) is 11.2. The van der Waals surface area contributed by atoms with Gasteiger partial charge in [0.1, 0.15) is 5.82 Å². The van der Waals surface area contributed by atoms with Gasteiger partial charge in [-0.25, -0.2) is 13.4 Å². The summed E-state index contributed by atoms with van der Waals surface area (Å²) in [5.41, 5.74) is 3.63. The summed E-state index contributed by atoms with van der Waals surface area (Å²) in [6.45, 7) is 4.78. The molecule has 170 valence electrons. The average molecular weight is 470 g/mol. The van der Waals surface area contributed by atoms with Crippen LogP contribution >= 0.6 is 11.8 Å². The Morgan fingerprint density at radius 1 is 1.03 bits per heavy atom. The lowest BCUT2D eigenvalue weighted by Gasteiger charge is -2.19. The second-order valence-corrected chi connectivity index (χ2v) is 11.6. The van der Waals surface area contributed by atoms with Gasteiger partial charge in [-0.1, -0.05) is 43.3 Å². The predicted octanol–water partition coefficient (Wildman–Crippen LogP) is 4.46. The maximum atomic E-state index is 12.2. The number of fused-ring (bicyclic) bond motifs is 1. The van der Waals surface area contributed by atoms with E-state index in [2.05, 4.69) is 33.6 Å². The Kier molecular flexibility index (Phi) is 7.38. The molecule has 0 N–H and O–H groups in total. The molecular formula is C25H31N3O2S2. The van der Waals surface area contributed by atoms with Crippen molar-refractivity contribution in [1.82, 2.24) is 14.5 Å². The molecule has 32 heavy (non-hydrogen) atoms. The van der Waals surface area contributed by atoms with E-state index in [1.54, 1.807) is 13.0 Å². The molecule has 0 atom stereocenters. The van der Waals surface area contributed by atoms with Gasteiger partial charge < -0.3 is 9.47 Å². The molecule has 2 aromatic carbocycles. The number of hydrogen-bond donors (Lipinski definition) is 0. The lowest BCUT2D eigenvalue weighted by atomic mass is 10.0. The fourth-order valence-corrected chi connectivity index (χ4v) is 6.00. The van der Waals surface area contributed by atoms with Crippen molar-refractivity contribution < 1.29 is 8.42 Å². The summed E-state index contributed by atoms with van der Waals surface area (Å²) in [6.07, 6.45) is 4.98. The zero-order valence-electron chi connectivity index (χ0n) is 18.8. The highest BCUT2D eigenvalue weighted by Crippen LogP contribution is 2.25. The van der Waals surface area contributed by atoms with Crippen LogP contribution in [0.2, 0.25) is 0 Å². The van der Waals surface area contributed by atoms with Gasteiger partial charge in [0.05, 0.1) is 21.9 Å². The highest BCUT2D eigenvalue weighted by Gasteiger charge is 2.18. The molecular weight excluding hydrogens is 438 g/mol. The number of sulfone groups is 1. The minimum atomic E-state index is -3.14. The van der Waals surface area contributed by atoms with Crippen molar-refractivity contribution in [3.8, 4) is 11.4 Å². The molecule has 0 aliphatic carbocycles. The van der Waals surface area contributed by atoms with Gasteiger partial charge in [0, 0.05) is 31.5 Å². The number of hydrogen-bond acceptors (Lipinski definition) is 5. The number of nitrogens with zero attached hydrogens (tertiary/aromatic N) is 3. The van der Waals surface area contributed by atoms with Gasteiger partial charge in [0.2, 0.25) is 0 Å². The Labute approximate surface area is 195 Å². The molecule has 0 saturated carbocycles. The molecule has 0 amide bonds. The van der Waals surface area contributed by atoms with Crippen molar-refractivity contribution in [3.05, 3.63) is 65.9 Å². The summed E-state index contributed by atoms with van der Waals surface area (Å²) in [5.74, 6) is 2.21. The van der Waals surface area contributed by atoms with Crippen molar-refractivity contribution in [1.29, 1.82) is 0 Å². The number of aromatic nitrogens is 2. The fraction of sp³-hybridized carbons (Fsp3) is 0.400. The van der Waals surface area contributed by atoms with Crippen LogP contribution in [0.15, 0.2) is 64.6 Å².